The first-order valence-electron chi connectivity index (χ1n) is 6.55. The van der Waals surface area contributed by atoms with Gasteiger partial charge in [0.15, 0.2) is 0 Å². The fourth-order valence-electron chi connectivity index (χ4n) is 1.93. The van der Waals surface area contributed by atoms with E-state index in [-0.39, 0.29) is 17.8 Å². The SMILES string of the molecule is CC(C)(C)c1ccc(O)c(CN(CCCl)CCCl)c1.Cl. The molecule has 20 heavy (non-hydrogen) atoms. The minimum Gasteiger partial charge on any atom is -0.508 e. The minimum atomic E-state index is 0. The second-order valence-electron chi connectivity index (χ2n) is 5.75. The number of alkyl halides is 2. The molecule has 0 saturated carbocycles. The van der Waals surface area contributed by atoms with Crippen LogP contribution in [0, 0.1) is 0 Å². The normalized spacial score (nSPS) is 11.5. The van der Waals surface area contributed by atoms with Crippen LogP contribution in [-0.4, -0.2) is 34.9 Å². The molecule has 1 aromatic carbocycles. The molecule has 0 aromatic heterocycles. The van der Waals surface area contributed by atoms with Gasteiger partial charge in [0, 0.05) is 37.0 Å². The molecule has 1 rings (SSSR count). The topological polar surface area (TPSA) is 23.5 Å². The van der Waals surface area contributed by atoms with Crippen LogP contribution in [-0.2, 0) is 12.0 Å². The Balaban J connectivity index is 0.00000361. The van der Waals surface area contributed by atoms with Gasteiger partial charge in [-0.3, -0.25) is 4.90 Å². The van der Waals surface area contributed by atoms with Gasteiger partial charge in [-0.15, -0.1) is 35.6 Å². The van der Waals surface area contributed by atoms with Crippen molar-refractivity contribution in [2.45, 2.75) is 32.7 Å². The zero-order chi connectivity index (χ0) is 14.5. The van der Waals surface area contributed by atoms with Crippen molar-refractivity contribution in [2.75, 3.05) is 24.8 Å². The van der Waals surface area contributed by atoms with Crippen LogP contribution in [0.4, 0.5) is 0 Å². The van der Waals surface area contributed by atoms with Crippen LogP contribution in [0.2, 0.25) is 0 Å². The Bertz CT molecular complexity index is 399. The molecule has 0 heterocycles. The summed E-state index contributed by atoms with van der Waals surface area (Å²) in [6.45, 7) is 8.71. The van der Waals surface area contributed by atoms with Crippen LogP contribution in [0.3, 0.4) is 0 Å². The van der Waals surface area contributed by atoms with Crippen molar-refractivity contribution in [1.82, 2.24) is 4.90 Å². The lowest BCUT2D eigenvalue weighted by Crippen LogP contribution is -2.27. The lowest BCUT2D eigenvalue weighted by molar-refractivity contribution is 0.294. The maximum Gasteiger partial charge on any atom is 0.120 e. The highest BCUT2D eigenvalue weighted by Crippen LogP contribution is 2.28. The van der Waals surface area contributed by atoms with Crippen molar-refractivity contribution in [3.63, 3.8) is 0 Å². The number of halogens is 3. The number of phenolic OH excluding ortho intramolecular Hbond substituents is 1. The van der Waals surface area contributed by atoms with Crippen molar-refractivity contribution < 1.29 is 5.11 Å². The molecule has 0 saturated heterocycles. The quantitative estimate of drug-likeness (QED) is 0.776. The maximum atomic E-state index is 9.99. The largest absolute Gasteiger partial charge is 0.508 e. The minimum absolute atomic E-state index is 0. The molecule has 0 spiro atoms. The summed E-state index contributed by atoms with van der Waals surface area (Å²) >= 11 is 11.6. The predicted octanol–water partition coefficient (Wildman–Crippen LogP) is 4.39. The number of phenols is 1. The Hall–Kier alpha value is -0.150. The predicted molar refractivity (Wildman–Crippen MR) is 90.8 cm³/mol. The number of hydrogen-bond acceptors (Lipinski definition) is 2. The first-order chi connectivity index (χ1) is 8.88. The molecule has 0 bridgehead atoms. The van der Waals surface area contributed by atoms with Crippen LogP contribution in [0.5, 0.6) is 5.75 Å². The van der Waals surface area contributed by atoms with E-state index in [1.165, 1.54) is 5.56 Å². The summed E-state index contributed by atoms with van der Waals surface area (Å²) in [5.74, 6) is 1.47. The summed E-state index contributed by atoms with van der Waals surface area (Å²) in [6, 6.07) is 5.83. The zero-order valence-electron chi connectivity index (χ0n) is 12.3. The van der Waals surface area contributed by atoms with Crippen molar-refractivity contribution >= 4 is 35.6 Å². The molecule has 1 aromatic rings. The van der Waals surface area contributed by atoms with Gasteiger partial charge in [-0.1, -0.05) is 32.9 Å². The molecule has 116 valence electrons. The first-order valence-corrected chi connectivity index (χ1v) is 7.62. The Morgan fingerprint density at radius 3 is 2.10 bits per heavy atom. The Kier molecular flexibility index (Phi) is 8.92. The summed E-state index contributed by atoms with van der Waals surface area (Å²) in [5, 5.41) is 9.99. The maximum absolute atomic E-state index is 9.99. The summed E-state index contributed by atoms with van der Waals surface area (Å²) in [7, 11) is 0. The highest BCUT2D eigenvalue weighted by atomic mass is 35.5. The molecule has 0 aliphatic carbocycles. The van der Waals surface area contributed by atoms with E-state index in [1.807, 2.05) is 6.07 Å². The average molecular weight is 341 g/mol. The smallest absolute Gasteiger partial charge is 0.120 e. The van der Waals surface area contributed by atoms with Crippen molar-refractivity contribution in [3.8, 4) is 5.75 Å². The lowest BCUT2D eigenvalue weighted by Gasteiger charge is -2.24. The Morgan fingerprint density at radius 1 is 1.10 bits per heavy atom. The molecule has 1 N–H and O–H groups in total. The number of benzene rings is 1. The van der Waals surface area contributed by atoms with E-state index in [0.717, 1.165) is 18.7 Å². The molecule has 0 atom stereocenters. The van der Waals surface area contributed by atoms with E-state index >= 15 is 0 Å². The fourth-order valence-corrected chi connectivity index (χ4v) is 2.41. The Labute approximate surface area is 138 Å². The third kappa shape index (κ3) is 6.09. The van der Waals surface area contributed by atoms with Gasteiger partial charge in [0.1, 0.15) is 5.75 Å². The molecule has 0 amide bonds. The molecule has 0 radical (unpaired) electrons. The van der Waals surface area contributed by atoms with Gasteiger partial charge >= 0.3 is 0 Å². The molecular weight excluding hydrogens is 317 g/mol. The lowest BCUT2D eigenvalue weighted by atomic mass is 9.86. The second kappa shape index (κ2) is 8.99. The summed E-state index contributed by atoms with van der Waals surface area (Å²) in [6.07, 6.45) is 0. The van der Waals surface area contributed by atoms with E-state index in [0.29, 0.717) is 24.1 Å². The summed E-state index contributed by atoms with van der Waals surface area (Å²) in [4.78, 5) is 2.15. The van der Waals surface area contributed by atoms with Crippen LogP contribution < -0.4 is 0 Å². The number of rotatable bonds is 6. The van der Waals surface area contributed by atoms with Gasteiger partial charge in [-0.05, 0) is 17.0 Å². The third-order valence-corrected chi connectivity index (χ3v) is 3.48. The monoisotopic (exact) mass is 339 g/mol. The molecule has 2 nitrogen and oxygen atoms in total. The van der Waals surface area contributed by atoms with Gasteiger partial charge in [-0.2, -0.15) is 0 Å². The third-order valence-electron chi connectivity index (χ3n) is 3.14. The molecule has 0 unspecified atom stereocenters. The van der Waals surface area contributed by atoms with E-state index in [1.54, 1.807) is 6.07 Å². The molecule has 0 fully saturated rings. The summed E-state index contributed by atoms with van der Waals surface area (Å²) in [5.41, 5.74) is 2.23. The average Bonchev–Trinajstić information content (AvgIpc) is 2.31. The van der Waals surface area contributed by atoms with Crippen LogP contribution >= 0.6 is 35.6 Å². The van der Waals surface area contributed by atoms with Crippen LogP contribution in [0.1, 0.15) is 31.9 Å². The first kappa shape index (κ1) is 19.9. The van der Waals surface area contributed by atoms with Crippen molar-refractivity contribution in [1.29, 1.82) is 0 Å². The molecule has 0 aliphatic heterocycles. The summed E-state index contributed by atoms with van der Waals surface area (Å²) < 4.78 is 0. The van der Waals surface area contributed by atoms with E-state index in [9.17, 15) is 5.11 Å². The second-order valence-corrected chi connectivity index (χ2v) is 6.50. The van der Waals surface area contributed by atoms with Gasteiger partial charge in [0.25, 0.3) is 0 Å². The van der Waals surface area contributed by atoms with Gasteiger partial charge in [0.2, 0.25) is 0 Å². The highest BCUT2D eigenvalue weighted by molar-refractivity contribution is 6.18. The van der Waals surface area contributed by atoms with E-state index in [2.05, 4.69) is 31.7 Å². The van der Waals surface area contributed by atoms with E-state index < -0.39 is 0 Å². The number of hydrogen-bond donors (Lipinski definition) is 1. The number of nitrogens with zero attached hydrogens (tertiary/aromatic N) is 1. The van der Waals surface area contributed by atoms with Gasteiger partial charge < -0.3 is 5.11 Å². The highest BCUT2D eigenvalue weighted by Gasteiger charge is 2.16. The fraction of sp³-hybridized carbons (Fsp3) is 0.600. The Morgan fingerprint density at radius 2 is 1.65 bits per heavy atom. The van der Waals surface area contributed by atoms with Crippen molar-refractivity contribution in [3.05, 3.63) is 29.3 Å². The number of aromatic hydroxyl groups is 1. The molecule has 0 aliphatic rings. The standard InChI is InChI=1S/C15H23Cl2NO.ClH/c1-15(2,3)13-4-5-14(19)12(10-13)11-18(8-6-16)9-7-17;/h4-5,10,19H,6-9,11H2,1-3H3;1H. The molecule has 5 heteroatoms. The zero-order valence-corrected chi connectivity index (χ0v) is 14.7. The van der Waals surface area contributed by atoms with Crippen molar-refractivity contribution in [2.24, 2.45) is 0 Å². The van der Waals surface area contributed by atoms with Gasteiger partial charge in [0.05, 0.1) is 0 Å². The molecular formula is C15H24Cl3NO. The van der Waals surface area contributed by atoms with E-state index in [4.69, 9.17) is 23.2 Å². The van der Waals surface area contributed by atoms with Crippen LogP contribution in [0.25, 0.3) is 0 Å². The van der Waals surface area contributed by atoms with Gasteiger partial charge in [-0.25, -0.2) is 0 Å². The van der Waals surface area contributed by atoms with Crippen LogP contribution in [0.15, 0.2) is 18.2 Å².